The molecule has 11 heteroatoms. The molecule has 0 spiro atoms. The molecule has 176 valence electrons. The van der Waals surface area contributed by atoms with Crippen molar-refractivity contribution in [1.82, 2.24) is 25.3 Å². The Kier molecular flexibility index (Phi) is 6.92. The van der Waals surface area contributed by atoms with Gasteiger partial charge in [-0.1, -0.05) is 18.5 Å². The number of fused-ring (bicyclic) bond motifs is 1. The first kappa shape index (κ1) is 23.2. The molecule has 0 bridgehead atoms. The van der Waals surface area contributed by atoms with Gasteiger partial charge in [-0.3, -0.25) is 4.79 Å². The summed E-state index contributed by atoms with van der Waals surface area (Å²) in [6.45, 7) is 3.18. The first-order valence-electron chi connectivity index (χ1n) is 10.8. The number of amides is 1. The minimum Gasteiger partial charge on any atom is -0.471 e. The standard InChI is InChI=1S/C22H25ClF2N6O2/c1-11-3-5-13(6-4-11)27-20(32)14-9-15-19(30-21(14)33-10-16(24)25)31-22(28-15)29-17-12(2)7-8-26-18(17)23/h7-9,11,13,16H,3-6,10H2,1-2H3,(H,27,32)(H2,28,29,30,31). The second kappa shape index (κ2) is 9.86. The Hall–Kier alpha value is -3.01. The second-order valence-electron chi connectivity index (χ2n) is 8.35. The molecule has 0 atom stereocenters. The van der Waals surface area contributed by atoms with E-state index in [4.69, 9.17) is 16.3 Å². The van der Waals surface area contributed by atoms with E-state index in [-0.39, 0.29) is 28.3 Å². The number of anilines is 2. The number of halogens is 3. The number of aryl methyl sites for hydroxylation is 1. The summed E-state index contributed by atoms with van der Waals surface area (Å²) in [6, 6.07) is 3.33. The number of rotatable bonds is 7. The zero-order chi connectivity index (χ0) is 23.5. The number of carbonyl (C=O) groups excluding carboxylic acids is 1. The molecular weight excluding hydrogens is 454 g/mol. The summed E-state index contributed by atoms with van der Waals surface area (Å²) < 4.78 is 30.8. The van der Waals surface area contributed by atoms with Gasteiger partial charge in [0.15, 0.2) is 17.4 Å². The van der Waals surface area contributed by atoms with E-state index in [1.165, 1.54) is 6.07 Å². The van der Waals surface area contributed by atoms with Gasteiger partial charge in [0.1, 0.15) is 5.56 Å². The summed E-state index contributed by atoms with van der Waals surface area (Å²) in [5.41, 5.74) is 2.15. The number of aromatic amines is 1. The summed E-state index contributed by atoms with van der Waals surface area (Å²) in [7, 11) is 0. The predicted octanol–water partition coefficient (Wildman–Crippen LogP) is 5.01. The third-order valence-corrected chi connectivity index (χ3v) is 6.02. The van der Waals surface area contributed by atoms with Crippen LogP contribution < -0.4 is 15.4 Å². The van der Waals surface area contributed by atoms with Gasteiger partial charge in [0.25, 0.3) is 12.3 Å². The number of alkyl halides is 2. The Morgan fingerprint density at radius 1 is 1.30 bits per heavy atom. The van der Waals surface area contributed by atoms with Crippen LogP contribution >= 0.6 is 11.6 Å². The molecule has 1 amide bonds. The van der Waals surface area contributed by atoms with Gasteiger partial charge < -0.3 is 20.4 Å². The number of nitrogens with zero attached hydrogens (tertiary/aromatic N) is 3. The number of imidazole rings is 1. The van der Waals surface area contributed by atoms with Crippen molar-refractivity contribution in [2.24, 2.45) is 5.92 Å². The van der Waals surface area contributed by atoms with E-state index >= 15 is 0 Å². The van der Waals surface area contributed by atoms with Crippen LogP contribution in [-0.2, 0) is 0 Å². The SMILES string of the molecule is Cc1ccnc(Cl)c1Nc1nc2nc(OCC(F)F)c(C(=O)NC3CCC(C)CC3)cc2[nH]1. The van der Waals surface area contributed by atoms with Crippen molar-refractivity contribution in [2.75, 3.05) is 11.9 Å². The molecule has 0 saturated heterocycles. The molecule has 0 aliphatic heterocycles. The number of ether oxygens (including phenoxy) is 1. The first-order chi connectivity index (χ1) is 15.8. The lowest BCUT2D eigenvalue weighted by molar-refractivity contribution is 0.0770. The van der Waals surface area contributed by atoms with Gasteiger partial charge in [-0.05, 0) is 56.2 Å². The Balaban J connectivity index is 1.62. The van der Waals surface area contributed by atoms with E-state index in [1.807, 2.05) is 6.92 Å². The lowest BCUT2D eigenvalue weighted by atomic mass is 9.87. The zero-order valence-corrected chi connectivity index (χ0v) is 19.0. The quantitative estimate of drug-likeness (QED) is 0.412. The number of aromatic nitrogens is 4. The van der Waals surface area contributed by atoms with Crippen LogP contribution in [0.25, 0.3) is 11.2 Å². The van der Waals surface area contributed by atoms with Gasteiger partial charge in [-0.2, -0.15) is 9.97 Å². The molecule has 1 aliphatic carbocycles. The average molecular weight is 479 g/mol. The Labute approximate surface area is 194 Å². The molecule has 3 N–H and O–H groups in total. The maximum absolute atomic E-state index is 13.0. The summed E-state index contributed by atoms with van der Waals surface area (Å²) in [4.78, 5) is 28.7. The lowest BCUT2D eigenvalue weighted by Gasteiger charge is -2.27. The monoisotopic (exact) mass is 478 g/mol. The van der Waals surface area contributed by atoms with Crippen LogP contribution in [0.4, 0.5) is 20.4 Å². The van der Waals surface area contributed by atoms with E-state index in [1.54, 1.807) is 12.3 Å². The molecule has 3 heterocycles. The van der Waals surface area contributed by atoms with Crippen molar-refractivity contribution >= 4 is 40.3 Å². The molecule has 4 rings (SSSR count). The predicted molar refractivity (Wildman–Crippen MR) is 122 cm³/mol. The minimum absolute atomic E-state index is 0.0297. The number of hydrogen-bond donors (Lipinski definition) is 3. The summed E-state index contributed by atoms with van der Waals surface area (Å²) in [6.07, 6.45) is 2.70. The van der Waals surface area contributed by atoms with Crippen molar-refractivity contribution in [1.29, 1.82) is 0 Å². The van der Waals surface area contributed by atoms with Crippen molar-refractivity contribution in [3.63, 3.8) is 0 Å². The van der Waals surface area contributed by atoms with Crippen molar-refractivity contribution < 1.29 is 18.3 Å². The zero-order valence-electron chi connectivity index (χ0n) is 18.3. The van der Waals surface area contributed by atoms with Gasteiger partial charge in [-0.15, -0.1) is 0 Å². The maximum Gasteiger partial charge on any atom is 0.272 e. The molecule has 0 radical (unpaired) electrons. The van der Waals surface area contributed by atoms with Gasteiger partial charge >= 0.3 is 0 Å². The van der Waals surface area contributed by atoms with Crippen molar-refractivity contribution in [3.05, 3.63) is 34.6 Å². The molecule has 1 aliphatic rings. The molecule has 0 unspecified atom stereocenters. The third kappa shape index (κ3) is 5.50. The van der Waals surface area contributed by atoms with Crippen LogP contribution in [0.1, 0.15) is 48.5 Å². The number of carbonyl (C=O) groups is 1. The second-order valence-corrected chi connectivity index (χ2v) is 8.71. The van der Waals surface area contributed by atoms with Crippen LogP contribution in [0.5, 0.6) is 5.88 Å². The Morgan fingerprint density at radius 2 is 2.06 bits per heavy atom. The normalized spacial score (nSPS) is 18.5. The summed E-state index contributed by atoms with van der Waals surface area (Å²) in [5.74, 6) is 0.352. The van der Waals surface area contributed by atoms with E-state index in [9.17, 15) is 13.6 Å². The fourth-order valence-electron chi connectivity index (χ4n) is 3.86. The van der Waals surface area contributed by atoms with Gasteiger partial charge in [0.2, 0.25) is 11.8 Å². The summed E-state index contributed by atoms with van der Waals surface area (Å²) >= 11 is 6.17. The molecule has 3 aromatic heterocycles. The van der Waals surface area contributed by atoms with Crippen LogP contribution in [0, 0.1) is 12.8 Å². The first-order valence-corrected chi connectivity index (χ1v) is 11.2. The van der Waals surface area contributed by atoms with Crippen LogP contribution in [0.3, 0.4) is 0 Å². The Morgan fingerprint density at radius 3 is 2.76 bits per heavy atom. The number of pyridine rings is 2. The van der Waals surface area contributed by atoms with E-state index in [2.05, 4.69) is 37.5 Å². The number of nitrogens with one attached hydrogen (secondary N) is 3. The molecule has 0 aromatic carbocycles. The highest BCUT2D eigenvalue weighted by Crippen LogP contribution is 2.29. The van der Waals surface area contributed by atoms with Crippen LogP contribution in [0.15, 0.2) is 18.3 Å². The molecule has 1 fully saturated rings. The van der Waals surface area contributed by atoms with Gasteiger partial charge in [-0.25, -0.2) is 13.8 Å². The molecule has 3 aromatic rings. The highest BCUT2D eigenvalue weighted by atomic mass is 35.5. The van der Waals surface area contributed by atoms with E-state index in [0.717, 1.165) is 31.2 Å². The maximum atomic E-state index is 13.0. The lowest BCUT2D eigenvalue weighted by Crippen LogP contribution is -2.37. The van der Waals surface area contributed by atoms with E-state index < -0.39 is 18.9 Å². The number of H-pyrrole nitrogens is 1. The molecule has 8 nitrogen and oxygen atoms in total. The van der Waals surface area contributed by atoms with Gasteiger partial charge in [0, 0.05) is 12.2 Å². The minimum atomic E-state index is -2.70. The molecule has 33 heavy (non-hydrogen) atoms. The fourth-order valence-corrected chi connectivity index (χ4v) is 4.11. The molecular formula is C22H25ClF2N6O2. The third-order valence-electron chi connectivity index (χ3n) is 5.74. The summed E-state index contributed by atoms with van der Waals surface area (Å²) in [5, 5.41) is 6.31. The average Bonchev–Trinajstić information content (AvgIpc) is 3.17. The van der Waals surface area contributed by atoms with Gasteiger partial charge in [0.05, 0.1) is 11.2 Å². The van der Waals surface area contributed by atoms with Crippen molar-refractivity contribution in [2.45, 2.75) is 52.0 Å². The highest BCUT2D eigenvalue weighted by molar-refractivity contribution is 6.32. The van der Waals surface area contributed by atoms with Crippen LogP contribution in [-0.4, -0.2) is 44.9 Å². The van der Waals surface area contributed by atoms with E-state index in [0.29, 0.717) is 23.1 Å². The topological polar surface area (TPSA) is 105 Å². The molecule has 1 saturated carbocycles. The van der Waals surface area contributed by atoms with Crippen molar-refractivity contribution in [3.8, 4) is 5.88 Å². The van der Waals surface area contributed by atoms with Crippen LogP contribution in [0.2, 0.25) is 5.15 Å². The Bertz CT molecular complexity index is 1130. The fraction of sp³-hybridized carbons (Fsp3) is 0.455. The highest BCUT2D eigenvalue weighted by Gasteiger charge is 2.24. The largest absolute Gasteiger partial charge is 0.471 e. The smallest absolute Gasteiger partial charge is 0.272 e. The number of hydrogen-bond acceptors (Lipinski definition) is 6.